The van der Waals surface area contributed by atoms with Gasteiger partial charge < -0.3 is 24.2 Å². The quantitative estimate of drug-likeness (QED) is 0.362. The molecule has 2 saturated carbocycles. The van der Waals surface area contributed by atoms with E-state index in [2.05, 4.69) is 5.16 Å². The summed E-state index contributed by atoms with van der Waals surface area (Å²) in [6, 6.07) is 0. The van der Waals surface area contributed by atoms with Crippen molar-refractivity contribution in [3.05, 3.63) is 0 Å². The van der Waals surface area contributed by atoms with Gasteiger partial charge in [0, 0.05) is 18.9 Å². The molecule has 3 aliphatic rings. The molecule has 6 heteroatoms. The molecule has 0 amide bonds. The van der Waals surface area contributed by atoms with Crippen LogP contribution in [0.15, 0.2) is 5.16 Å². The Morgan fingerprint density at radius 3 is 2.84 bits per heavy atom. The molecule has 3 fully saturated rings. The van der Waals surface area contributed by atoms with Crippen molar-refractivity contribution in [3.63, 3.8) is 0 Å². The fraction of sp³-hybridized carbons (Fsp3) is 0.923. The van der Waals surface area contributed by atoms with Crippen LogP contribution < -0.4 is 0 Å². The largest absolute Gasteiger partial charge is 0.411 e. The Balaban J connectivity index is 1.76. The van der Waals surface area contributed by atoms with Crippen LogP contribution >= 0.6 is 0 Å². The summed E-state index contributed by atoms with van der Waals surface area (Å²) < 4.78 is 22.1. The van der Waals surface area contributed by atoms with Gasteiger partial charge in [0.15, 0.2) is 5.79 Å². The minimum absolute atomic E-state index is 0.0469. The Labute approximate surface area is 112 Å². The van der Waals surface area contributed by atoms with Gasteiger partial charge >= 0.3 is 0 Å². The topological polar surface area (TPSA) is 69.5 Å². The van der Waals surface area contributed by atoms with Crippen LogP contribution in [0, 0.1) is 11.3 Å². The lowest BCUT2D eigenvalue weighted by Crippen LogP contribution is -2.45. The van der Waals surface area contributed by atoms with Crippen molar-refractivity contribution < 1.29 is 24.2 Å². The van der Waals surface area contributed by atoms with Gasteiger partial charge in [-0.2, -0.15) is 0 Å². The summed E-state index contributed by atoms with van der Waals surface area (Å²) >= 11 is 0. The highest BCUT2D eigenvalue weighted by Crippen LogP contribution is 2.56. The SMILES string of the molecule is COCOC[C@]12CCC3(OCCO3)[C@H](C1)/C(=N/O)C2. The van der Waals surface area contributed by atoms with Crippen LogP contribution in [0.1, 0.15) is 25.7 Å². The molecule has 0 unspecified atom stereocenters. The van der Waals surface area contributed by atoms with Gasteiger partial charge in [-0.1, -0.05) is 5.16 Å². The van der Waals surface area contributed by atoms with Gasteiger partial charge in [-0.05, 0) is 19.3 Å². The van der Waals surface area contributed by atoms with Crippen LogP contribution in [0.3, 0.4) is 0 Å². The second kappa shape index (κ2) is 5.01. The summed E-state index contributed by atoms with van der Waals surface area (Å²) in [5.41, 5.74) is 0.839. The standard InChI is InChI=1S/C13H21NO5/c1-16-9-17-8-12-2-3-13(18-4-5-19-13)10(6-12)11(7-12)14-15/h10,15H,2-9H2,1H3/b14-11+/t10-,12-/m1/s1. The summed E-state index contributed by atoms with van der Waals surface area (Å²) in [6.07, 6.45) is 3.46. The van der Waals surface area contributed by atoms with Crippen molar-refractivity contribution in [1.29, 1.82) is 0 Å². The van der Waals surface area contributed by atoms with E-state index in [9.17, 15) is 5.21 Å². The first-order chi connectivity index (χ1) is 9.24. The molecule has 1 spiro atoms. The molecule has 6 nitrogen and oxygen atoms in total. The monoisotopic (exact) mass is 271 g/mol. The second-order valence-electron chi connectivity index (χ2n) is 5.79. The molecule has 0 aromatic carbocycles. The molecule has 19 heavy (non-hydrogen) atoms. The van der Waals surface area contributed by atoms with Crippen molar-refractivity contribution in [3.8, 4) is 0 Å². The summed E-state index contributed by atoms with van der Waals surface area (Å²) in [7, 11) is 1.62. The molecule has 108 valence electrons. The van der Waals surface area contributed by atoms with E-state index in [1.54, 1.807) is 7.11 Å². The number of rotatable bonds is 4. The lowest BCUT2D eigenvalue weighted by molar-refractivity contribution is -0.209. The average Bonchev–Trinajstić information content (AvgIpc) is 3.00. The number of hydrogen-bond acceptors (Lipinski definition) is 6. The van der Waals surface area contributed by atoms with Crippen molar-refractivity contribution in [1.82, 2.24) is 0 Å². The first kappa shape index (κ1) is 13.3. The van der Waals surface area contributed by atoms with Gasteiger partial charge in [-0.3, -0.25) is 0 Å². The number of oxime groups is 1. The molecule has 0 radical (unpaired) electrons. The molecule has 2 bridgehead atoms. The first-order valence-electron chi connectivity index (χ1n) is 6.79. The van der Waals surface area contributed by atoms with Crippen LogP contribution in [-0.4, -0.2) is 50.4 Å². The molecular formula is C13H21NO5. The summed E-state index contributed by atoms with van der Waals surface area (Å²) in [5.74, 6) is -0.497. The van der Waals surface area contributed by atoms with Crippen LogP contribution in [0.25, 0.3) is 0 Å². The lowest BCUT2D eigenvalue weighted by atomic mass is 9.73. The molecule has 1 N–H and O–H groups in total. The van der Waals surface area contributed by atoms with Gasteiger partial charge in [-0.15, -0.1) is 0 Å². The molecule has 1 heterocycles. The fourth-order valence-corrected chi connectivity index (χ4v) is 3.79. The van der Waals surface area contributed by atoms with Crippen LogP contribution in [0.2, 0.25) is 0 Å². The van der Waals surface area contributed by atoms with E-state index in [-0.39, 0.29) is 11.3 Å². The Kier molecular flexibility index (Phi) is 3.51. The highest BCUT2D eigenvalue weighted by Gasteiger charge is 2.60. The smallest absolute Gasteiger partial charge is 0.176 e. The third kappa shape index (κ3) is 2.16. The molecule has 0 aromatic rings. The predicted octanol–water partition coefficient (Wildman–Crippen LogP) is 1.37. The number of ether oxygens (including phenoxy) is 4. The number of fused-ring (bicyclic) bond motifs is 3. The van der Waals surface area contributed by atoms with Crippen LogP contribution in [-0.2, 0) is 18.9 Å². The maximum Gasteiger partial charge on any atom is 0.176 e. The first-order valence-corrected chi connectivity index (χ1v) is 6.79. The van der Waals surface area contributed by atoms with Crippen molar-refractivity contribution in [2.75, 3.05) is 33.7 Å². The van der Waals surface area contributed by atoms with Gasteiger partial charge in [0.05, 0.1) is 31.5 Å². The summed E-state index contributed by atoms with van der Waals surface area (Å²) in [5, 5.41) is 12.7. The number of hydrogen-bond donors (Lipinski definition) is 1. The normalized spacial score (nSPS) is 38.4. The maximum atomic E-state index is 9.25. The molecule has 0 aromatic heterocycles. The fourth-order valence-electron chi connectivity index (χ4n) is 3.79. The molecule has 1 saturated heterocycles. The highest BCUT2D eigenvalue weighted by atomic mass is 16.7. The Bertz CT molecular complexity index is 366. The summed E-state index contributed by atoms with van der Waals surface area (Å²) in [6.45, 7) is 2.19. The maximum absolute atomic E-state index is 9.25. The zero-order valence-corrected chi connectivity index (χ0v) is 11.3. The highest BCUT2D eigenvalue weighted by molar-refractivity contribution is 5.90. The van der Waals surface area contributed by atoms with E-state index >= 15 is 0 Å². The van der Waals surface area contributed by atoms with Gasteiger partial charge in [-0.25, -0.2) is 0 Å². The van der Waals surface area contributed by atoms with Crippen molar-refractivity contribution >= 4 is 5.71 Å². The zero-order valence-electron chi connectivity index (χ0n) is 11.3. The van der Waals surface area contributed by atoms with E-state index in [1.807, 2.05) is 0 Å². The predicted molar refractivity (Wildman–Crippen MR) is 66.1 cm³/mol. The molecule has 2 atom stereocenters. The second-order valence-corrected chi connectivity index (χ2v) is 5.79. The zero-order chi connectivity index (χ0) is 13.3. The van der Waals surface area contributed by atoms with Crippen LogP contribution in [0.4, 0.5) is 0 Å². The van der Waals surface area contributed by atoms with Gasteiger partial charge in [0.25, 0.3) is 0 Å². The molecular weight excluding hydrogens is 250 g/mol. The number of nitrogens with zero attached hydrogens (tertiary/aromatic N) is 1. The molecule has 1 aliphatic heterocycles. The summed E-state index contributed by atoms with van der Waals surface area (Å²) in [4.78, 5) is 0. The average molecular weight is 271 g/mol. The molecule has 2 aliphatic carbocycles. The lowest BCUT2D eigenvalue weighted by Gasteiger charge is -2.41. The van der Waals surface area contributed by atoms with Crippen molar-refractivity contribution in [2.24, 2.45) is 16.5 Å². The Morgan fingerprint density at radius 2 is 2.16 bits per heavy atom. The van der Waals surface area contributed by atoms with Gasteiger partial charge in [0.1, 0.15) is 6.79 Å². The number of methoxy groups -OCH3 is 1. The minimum Gasteiger partial charge on any atom is -0.411 e. The van der Waals surface area contributed by atoms with E-state index < -0.39 is 5.79 Å². The van der Waals surface area contributed by atoms with E-state index in [0.717, 1.165) is 31.4 Å². The minimum atomic E-state index is -0.553. The Morgan fingerprint density at radius 1 is 1.37 bits per heavy atom. The molecule has 3 rings (SSSR count). The van der Waals surface area contributed by atoms with Crippen LogP contribution in [0.5, 0.6) is 0 Å². The Hall–Kier alpha value is -0.690. The third-order valence-corrected chi connectivity index (χ3v) is 4.64. The van der Waals surface area contributed by atoms with E-state index in [1.165, 1.54) is 0 Å². The van der Waals surface area contributed by atoms with E-state index in [4.69, 9.17) is 18.9 Å². The van der Waals surface area contributed by atoms with E-state index in [0.29, 0.717) is 26.6 Å². The third-order valence-electron chi connectivity index (χ3n) is 4.64. The van der Waals surface area contributed by atoms with Gasteiger partial charge in [0.2, 0.25) is 0 Å². The van der Waals surface area contributed by atoms with Crippen molar-refractivity contribution in [2.45, 2.75) is 31.5 Å².